The van der Waals surface area contributed by atoms with Crippen LogP contribution in [0.25, 0.3) is 0 Å². The predicted molar refractivity (Wildman–Crippen MR) is 81.8 cm³/mol. The van der Waals surface area contributed by atoms with Crippen molar-refractivity contribution in [3.8, 4) is 5.75 Å². The Hall–Kier alpha value is -1.34. The number of rotatable bonds is 4. The molecule has 0 saturated carbocycles. The van der Waals surface area contributed by atoms with E-state index in [0.29, 0.717) is 17.4 Å². The van der Waals surface area contributed by atoms with E-state index in [1.165, 1.54) is 0 Å². The highest BCUT2D eigenvalue weighted by Gasteiger charge is 2.14. The zero-order valence-electron chi connectivity index (χ0n) is 10.7. The van der Waals surface area contributed by atoms with Crippen molar-refractivity contribution in [3.63, 3.8) is 0 Å². The standard InChI is InChI=1S/C12H16BrN3O2S/c1-3-14-12(19)16-15-11(17)8(2)18-10-6-4-5-9(13)7-10/h4-8H,3H2,1-2H3,(H,15,17)(H2,14,16,19)/t8-/m1/s1. The van der Waals surface area contributed by atoms with E-state index < -0.39 is 6.10 Å². The largest absolute Gasteiger partial charge is 0.481 e. The third-order valence-corrected chi connectivity index (χ3v) is 2.85. The molecule has 104 valence electrons. The molecule has 1 aromatic rings. The van der Waals surface area contributed by atoms with Crippen LogP contribution in [-0.2, 0) is 4.79 Å². The lowest BCUT2D eigenvalue weighted by atomic mass is 10.3. The van der Waals surface area contributed by atoms with E-state index >= 15 is 0 Å². The van der Waals surface area contributed by atoms with Gasteiger partial charge in [0.05, 0.1) is 0 Å². The number of nitrogens with one attached hydrogen (secondary N) is 3. The molecular formula is C12H16BrN3O2S. The summed E-state index contributed by atoms with van der Waals surface area (Å²) in [5.41, 5.74) is 5.07. The minimum atomic E-state index is -0.633. The first-order valence-corrected chi connectivity index (χ1v) is 6.99. The molecule has 3 N–H and O–H groups in total. The second-order valence-corrected chi connectivity index (χ2v) is 5.02. The average molecular weight is 346 g/mol. The van der Waals surface area contributed by atoms with Gasteiger partial charge in [0.2, 0.25) is 0 Å². The highest BCUT2D eigenvalue weighted by atomic mass is 79.9. The van der Waals surface area contributed by atoms with Gasteiger partial charge in [-0.3, -0.25) is 15.6 Å². The van der Waals surface area contributed by atoms with E-state index in [9.17, 15) is 4.79 Å². The van der Waals surface area contributed by atoms with Crippen molar-refractivity contribution in [1.82, 2.24) is 16.2 Å². The molecule has 0 bridgehead atoms. The highest BCUT2D eigenvalue weighted by molar-refractivity contribution is 9.10. The van der Waals surface area contributed by atoms with Gasteiger partial charge in [-0.1, -0.05) is 22.0 Å². The summed E-state index contributed by atoms with van der Waals surface area (Å²) in [5.74, 6) is 0.312. The molecule has 1 aromatic carbocycles. The summed E-state index contributed by atoms with van der Waals surface area (Å²) in [4.78, 5) is 11.7. The number of ether oxygens (including phenoxy) is 1. The van der Waals surface area contributed by atoms with Gasteiger partial charge in [-0.05, 0) is 44.3 Å². The lowest BCUT2D eigenvalue weighted by molar-refractivity contribution is -0.127. The minimum absolute atomic E-state index is 0.305. The van der Waals surface area contributed by atoms with Crippen LogP contribution in [0, 0.1) is 0 Å². The normalized spacial score (nSPS) is 11.3. The van der Waals surface area contributed by atoms with Gasteiger partial charge in [0, 0.05) is 11.0 Å². The fraction of sp³-hybridized carbons (Fsp3) is 0.333. The van der Waals surface area contributed by atoms with Gasteiger partial charge >= 0.3 is 0 Å². The first-order chi connectivity index (χ1) is 9.02. The van der Waals surface area contributed by atoms with Crippen LogP contribution in [0.3, 0.4) is 0 Å². The Morgan fingerprint density at radius 3 is 2.84 bits per heavy atom. The Kier molecular flexibility index (Phi) is 6.58. The highest BCUT2D eigenvalue weighted by Crippen LogP contribution is 2.18. The zero-order chi connectivity index (χ0) is 14.3. The van der Waals surface area contributed by atoms with Crippen LogP contribution in [-0.4, -0.2) is 23.7 Å². The molecule has 0 aliphatic rings. The summed E-state index contributed by atoms with van der Waals surface area (Å²) in [6, 6.07) is 7.29. The van der Waals surface area contributed by atoms with E-state index in [0.717, 1.165) is 4.47 Å². The third kappa shape index (κ3) is 5.89. The third-order valence-electron chi connectivity index (χ3n) is 2.11. The first kappa shape index (κ1) is 15.7. The Balaban J connectivity index is 2.42. The SMILES string of the molecule is CCNC(=S)NNC(=O)[C@@H](C)Oc1cccc(Br)c1. The maximum absolute atomic E-state index is 11.7. The number of hydrogen-bond acceptors (Lipinski definition) is 3. The molecule has 0 spiro atoms. The molecule has 1 amide bonds. The lowest BCUT2D eigenvalue weighted by Crippen LogP contribution is -2.50. The lowest BCUT2D eigenvalue weighted by Gasteiger charge is -2.16. The second-order valence-electron chi connectivity index (χ2n) is 3.69. The molecule has 0 radical (unpaired) electrons. The van der Waals surface area contributed by atoms with Gasteiger partial charge in [0.15, 0.2) is 11.2 Å². The molecule has 0 aliphatic heterocycles. The summed E-state index contributed by atoms with van der Waals surface area (Å²) in [6.07, 6.45) is -0.633. The summed E-state index contributed by atoms with van der Waals surface area (Å²) in [5, 5.41) is 3.22. The van der Waals surface area contributed by atoms with Gasteiger partial charge < -0.3 is 10.1 Å². The monoisotopic (exact) mass is 345 g/mol. The van der Waals surface area contributed by atoms with Crippen molar-refractivity contribution in [2.45, 2.75) is 20.0 Å². The van der Waals surface area contributed by atoms with E-state index in [1.807, 2.05) is 19.1 Å². The molecular weight excluding hydrogens is 330 g/mol. The van der Waals surface area contributed by atoms with Crippen LogP contribution >= 0.6 is 28.1 Å². The molecule has 0 aromatic heterocycles. The van der Waals surface area contributed by atoms with Crippen LogP contribution in [0.2, 0.25) is 0 Å². The van der Waals surface area contributed by atoms with Gasteiger partial charge in [-0.2, -0.15) is 0 Å². The minimum Gasteiger partial charge on any atom is -0.481 e. The number of carbonyl (C=O) groups excluding carboxylic acids is 1. The molecule has 0 aliphatic carbocycles. The fourth-order valence-corrected chi connectivity index (χ4v) is 1.80. The Bertz CT molecular complexity index is 456. The first-order valence-electron chi connectivity index (χ1n) is 5.79. The van der Waals surface area contributed by atoms with Crippen LogP contribution in [0.1, 0.15) is 13.8 Å². The Morgan fingerprint density at radius 1 is 1.47 bits per heavy atom. The van der Waals surface area contributed by atoms with Crippen molar-refractivity contribution < 1.29 is 9.53 Å². The van der Waals surface area contributed by atoms with Crippen LogP contribution < -0.4 is 20.9 Å². The molecule has 1 atom stereocenters. The quantitative estimate of drug-likeness (QED) is 0.573. The number of amides is 1. The summed E-state index contributed by atoms with van der Waals surface area (Å²) < 4.78 is 6.40. The summed E-state index contributed by atoms with van der Waals surface area (Å²) >= 11 is 8.26. The van der Waals surface area contributed by atoms with Gasteiger partial charge in [0.1, 0.15) is 5.75 Å². The van der Waals surface area contributed by atoms with Crippen molar-refractivity contribution in [1.29, 1.82) is 0 Å². The number of carbonyl (C=O) groups is 1. The fourth-order valence-electron chi connectivity index (χ4n) is 1.22. The maximum Gasteiger partial charge on any atom is 0.279 e. The molecule has 19 heavy (non-hydrogen) atoms. The van der Waals surface area contributed by atoms with Crippen LogP contribution in [0.5, 0.6) is 5.75 Å². The smallest absolute Gasteiger partial charge is 0.279 e. The van der Waals surface area contributed by atoms with E-state index in [4.69, 9.17) is 17.0 Å². The van der Waals surface area contributed by atoms with E-state index in [2.05, 4.69) is 32.1 Å². The van der Waals surface area contributed by atoms with Gasteiger partial charge in [-0.25, -0.2) is 0 Å². The van der Waals surface area contributed by atoms with Crippen molar-refractivity contribution in [2.24, 2.45) is 0 Å². The maximum atomic E-state index is 11.7. The van der Waals surface area contributed by atoms with Crippen molar-refractivity contribution in [2.75, 3.05) is 6.54 Å². The number of halogens is 1. The number of hydrogen-bond donors (Lipinski definition) is 3. The zero-order valence-corrected chi connectivity index (χ0v) is 13.1. The Labute approximate surface area is 126 Å². The second kappa shape index (κ2) is 7.96. The van der Waals surface area contributed by atoms with Gasteiger partial charge in [0.25, 0.3) is 5.91 Å². The molecule has 7 heteroatoms. The molecule has 0 unspecified atom stereocenters. The topological polar surface area (TPSA) is 62.4 Å². The van der Waals surface area contributed by atoms with Gasteiger partial charge in [-0.15, -0.1) is 0 Å². The summed E-state index contributed by atoms with van der Waals surface area (Å²) in [7, 11) is 0. The molecule has 5 nitrogen and oxygen atoms in total. The Morgan fingerprint density at radius 2 is 2.21 bits per heavy atom. The van der Waals surface area contributed by atoms with Crippen LogP contribution in [0.15, 0.2) is 28.7 Å². The summed E-state index contributed by atoms with van der Waals surface area (Å²) in [6.45, 7) is 4.26. The van der Waals surface area contributed by atoms with E-state index in [1.54, 1.807) is 19.1 Å². The average Bonchev–Trinajstić information content (AvgIpc) is 2.36. The number of hydrazine groups is 1. The van der Waals surface area contributed by atoms with Crippen molar-refractivity contribution in [3.05, 3.63) is 28.7 Å². The van der Waals surface area contributed by atoms with Crippen LogP contribution in [0.4, 0.5) is 0 Å². The van der Waals surface area contributed by atoms with E-state index in [-0.39, 0.29) is 5.91 Å². The van der Waals surface area contributed by atoms with Crippen molar-refractivity contribution >= 4 is 39.2 Å². The molecule has 0 saturated heterocycles. The molecule has 0 heterocycles. The molecule has 0 fully saturated rings. The molecule has 1 rings (SSSR count). The number of benzene rings is 1. The predicted octanol–water partition coefficient (Wildman–Crippen LogP) is 1.73. The number of thiocarbonyl (C=S) groups is 1.